The molecular formula is C30H53N5OSSn. The topological polar surface area (TPSA) is 44.7 Å². The van der Waals surface area contributed by atoms with Crippen molar-refractivity contribution in [3.8, 4) is 0 Å². The standard InChI is InChI=1S/C18H26N5OS.3C4H9.Sn/c1-21(2)14-3-5-22(6-4-14)12-15-11-16-17(25-15)18(20-13-19-16)23-7-9-24-10-8-23;3*1-3-4-2;/h11,14H,3-10,12H2,1-2H3;3*1,3-4H2,2H3;. The first-order chi connectivity index (χ1) is 18.5. The van der Waals surface area contributed by atoms with Crippen molar-refractivity contribution in [3.63, 3.8) is 0 Å². The number of morpholine rings is 1. The normalized spacial score (nSPS) is 18.2. The van der Waals surface area contributed by atoms with E-state index in [-0.39, 0.29) is 0 Å². The van der Waals surface area contributed by atoms with E-state index in [4.69, 9.17) is 14.7 Å². The van der Waals surface area contributed by atoms with Gasteiger partial charge in [-0.1, -0.05) is 0 Å². The fraction of sp³-hybridized carbons (Fsp3) is 0.800. The first kappa shape index (κ1) is 30.5. The summed E-state index contributed by atoms with van der Waals surface area (Å²) in [5, 5.41) is 0. The molecular weight excluding hydrogens is 597 g/mol. The van der Waals surface area contributed by atoms with Crippen molar-refractivity contribution in [2.24, 2.45) is 0 Å². The fourth-order valence-corrected chi connectivity index (χ4v) is 22.4. The molecule has 214 valence electrons. The fourth-order valence-electron chi connectivity index (χ4n) is 6.34. The van der Waals surface area contributed by atoms with Crippen molar-refractivity contribution in [1.82, 2.24) is 19.8 Å². The zero-order valence-electron chi connectivity index (χ0n) is 24.9. The summed E-state index contributed by atoms with van der Waals surface area (Å²) in [5.74, 6) is 1.22. The Labute approximate surface area is 240 Å². The van der Waals surface area contributed by atoms with Gasteiger partial charge in [-0.3, -0.25) is 0 Å². The number of hydrogen-bond donors (Lipinski definition) is 0. The van der Waals surface area contributed by atoms with Crippen molar-refractivity contribution in [3.05, 3.63) is 10.9 Å². The van der Waals surface area contributed by atoms with Crippen LogP contribution in [-0.4, -0.2) is 97.7 Å². The molecule has 4 rings (SSSR count). The average molecular weight is 651 g/mol. The quantitative estimate of drug-likeness (QED) is 0.230. The first-order valence-corrected chi connectivity index (χ1v) is 23.8. The van der Waals surface area contributed by atoms with Crippen LogP contribution < -0.4 is 8.74 Å². The maximum absolute atomic E-state index is 5.74. The summed E-state index contributed by atoms with van der Waals surface area (Å²) < 4.78 is 12.6. The molecule has 0 saturated carbocycles. The van der Waals surface area contributed by atoms with E-state index < -0.39 is 18.4 Å². The van der Waals surface area contributed by atoms with Gasteiger partial charge in [0.1, 0.15) is 0 Å². The second kappa shape index (κ2) is 14.9. The molecule has 8 heteroatoms. The van der Waals surface area contributed by atoms with Gasteiger partial charge in [0.15, 0.2) is 0 Å². The molecule has 4 heterocycles. The van der Waals surface area contributed by atoms with Crippen LogP contribution in [-0.2, 0) is 11.3 Å². The number of likely N-dealkylation sites (tertiary alicyclic amines) is 1. The molecule has 0 amide bonds. The summed E-state index contributed by atoms with van der Waals surface area (Å²) in [4.78, 5) is 20.1. The van der Waals surface area contributed by atoms with Crippen LogP contribution in [0.5, 0.6) is 0 Å². The Balaban J connectivity index is 1.70. The number of hydrogen-bond acceptors (Lipinski definition) is 7. The van der Waals surface area contributed by atoms with Gasteiger partial charge in [0.2, 0.25) is 0 Å². The van der Waals surface area contributed by atoms with Crippen LogP contribution in [0.15, 0.2) is 6.07 Å². The minimum atomic E-state index is -2.75. The number of thiophene rings is 1. The van der Waals surface area contributed by atoms with E-state index in [1.807, 2.05) is 11.3 Å². The van der Waals surface area contributed by atoms with E-state index in [0.717, 1.165) is 38.9 Å². The molecule has 2 aromatic heterocycles. The van der Waals surface area contributed by atoms with Gasteiger partial charge in [-0.2, -0.15) is 0 Å². The summed E-state index contributed by atoms with van der Waals surface area (Å²) in [5.41, 5.74) is 1.23. The van der Waals surface area contributed by atoms with Crippen LogP contribution in [0.25, 0.3) is 10.2 Å². The van der Waals surface area contributed by atoms with Gasteiger partial charge in [0, 0.05) is 0 Å². The van der Waals surface area contributed by atoms with Crippen LogP contribution in [0.3, 0.4) is 0 Å². The second-order valence-corrected chi connectivity index (χ2v) is 26.0. The Morgan fingerprint density at radius 2 is 1.53 bits per heavy atom. The monoisotopic (exact) mass is 651 g/mol. The molecule has 0 bridgehead atoms. The van der Waals surface area contributed by atoms with E-state index >= 15 is 0 Å². The molecule has 0 aliphatic carbocycles. The van der Waals surface area contributed by atoms with Gasteiger partial charge >= 0.3 is 241 Å². The Morgan fingerprint density at radius 3 is 2.08 bits per heavy atom. The van der Waals surface area contributed by atoms with Crippen molar-refractivity contribution >= 4 is 49.6 Å². The predicted octanol–water partition coefficient (Wildman–Crippen LogP) is 6.11. The third kappa shape index (κ3) is 7.62. The molecule has 2 aliphatic rings. The summed E-state index contributed by atoms with van der Waals surface area (Å²) in [6.07, 6.45) is 10.4. The van der Waals surface area contributed by atoms with Crippen molar-refractivity contribution in [2.45, 2.75) is 98.0 Å². The molecule has 6 nitrogen and oxygen atoms in total. The van der Waals surface area contributed by atoms with E-state index in [0.29, 0.717) is 0 Å². The van der Waals surface area contributed by atoms with E-state index in [1.165, 1.54) is 103 Å². The molecule has 2 fully saturated rings. The molecule has 0 unspecified atom stereocenters. The zero-order valence-corrected chi connectivity index (χ0v) is 28.6. The Bertz CT molecular complexity index is 963. The number of unbranched alkanes of at least 4 members (excludes halogenated alkanes) is 3. The summed E-state index contributed by atoms with van der Waals surface area (Å²) in [6.45, 7) is 14.0. The molecule has 0 spiro atoms. The molecule has 2 saturated heterocycles. The van der Waals surface area contributed by atoms with Crippen molar-refractivity contribution in [2.75, 3.05) is 58.4 Å². The molecule has 0 atom stereocenters. The second-order valence-electron chi connectivity index (χ2n) is 12.0. The third-order valence-electron chi connectivity index (χ3n) is 8.88. The number of anilines is 1. The number of nitrogens with zero attached hydrogens (tertiary/aromatic N) is 5. The Morgan fingerprint density at radius 1 is 0.921 bits per heavy atom. The van der Waals surface area contributed by atoms with Gasteiger partial charge in [-0.15, -0.1) is 0 Å². The number of fused-ring (bicyclic) bond motifs is 1. The van der Waals surface area contributed by atoms with Crippen LogP contribution in [0.2, 0.25) is 13.3 Å². The SMILES string of the molecule is CCC[CH2][Sn]([CH2]CCC)([CH2]CCC)[c]1nc(N2CCOCC2)c2sc(CN3CCC(N(C)C)CC3)cc2n1. The molecule has 2 aliphatic heterocycles. The van der Waals surface area contributed by atoms with Gasteiger partial charge in [0.05, 0.1) is 0 Å². The number of aromatic nitrogens is 2. The number of rotatable bonds is 14. The van der Waals surface area contributed by atoms with E-state index in [1.54, 1.807) is 0 Å². The van der Waals surface area contributed by atoms with Gasteiger partial charge < -0.3 is 0 Å². The van der Waals surface area contributed by atoms with E-state index in [9.17, 15) is 0 Å². The molecule has 38 heavy (non-hydrogen) atoms. The average Bonchev–Trinajstić information content (AvgIpc) is 3.35. The third-order valence-corrected chi connectivity index (χ3v) is 24.6. The first-order valence-electron chi connectivity index (χ1n) is 15.5. The summed E-state index contributed by atoms with van der Waals surface area (Å²) in [7, 11) is 4.45. The van der Waals surface area contributed by atoms with Crippen molar-refractivity contribution in [1.29, 1.82) is 0 Å². The van der Waals surface area contributed by atoms with Crippen LogP contribution in [0.1, 0.15) is 77.0 Å². The minimum absolute atomic E-state index is 0.727. The van der Waals surface area contributed by atoms with Crippen LogP contribution in [0.4, 0.5) is 5.82 Å². The maximum atomic E-state index is 5.74. The summed E-state index contributed by atoms with van der Waals surface area (Å²) >= 11 is -0.796. The Hall–Kier alpha value is -0.481. The molecule has 0 aromatic carbocycles. The number of ether oxygens (including phenoxy) is 1. The number of piperidine rings is 1. The van der Waals surface area contributed by atoms with Crippen molar-refractivity contribution < 1.29 is 4.74 Å². The van der Waals surface area contributed by atoms with Gasteiger partial charge in [-0.05, 0) is 0 Å². The van der Waals surface area contributed by atoms with Crippen LogP contribution >= 0.6 is 11.3 Å². The molecule has 0 N–H and O–H groups in total. The predicted molar refractivity (Wildman–Crippen MR) is 167 cm³/mol. The molecule has 0 radical (unpaired) electrons. The molecule has 2 aromatic rings. The van der Waals surface area contributed by atoms with Gasteiger partial charge in [-0.25, -0.2) is 0 Å². The summed E-state index contributed by atoms with van der Waals surface area (Å²) in [6, 6.07) is 3.16. The Kier molecular flexibility index (Phi) is 12.0. The van der Waals surface area contributed by atoms with Gasteiger partial charge in [0.25, 0.3) is 0 Å². The van der Waals surface area contributed by atoms with E-state index in [2.05, 4.69) is 55.6 Å². The van der Waals surface area contributed by atoms with Crippen LogP contribution in [0, 0.1) is 0 Å². The zero-order chi connectivity index (χ0) is 27.0.